The van der Waals surface area contributed by atoms with E-state index in [1.807, 2.05) is 24.8 Å². The highest BCUT2D eigenvalue weighted by Crippen LogP contribution is 2.32. The molecule has 0 amide bonds. The van der Waals surface area contributed by atoms with Crippen molar-refractivity contribution in [1.82, 2.24) is 9.88 Å². The van der Waals surface area contributed by atoms with Crippen molar-refractivity contribution in [2.24, 2.45) is 5.73 Å². The molecule has 1 atom stereocenters. The van der Waals surface area contributed by atoms with Gasteiger partial charge in [-0.2, -0.15) is 11.8 Å². The SMILES string of the molecule is Cc1cccc(CN(C)C2(CN)CCSC2)n1. The van der Waals surface area contributed by atoms with Gasteiger partial charge in [-0.05, 0) is 38.3 Å². The smallest absolute Gasteiger partial charge is 0.0547 e. The zero-order chi connectivity index (χ0) is 12.3. The van der Waals surface area contributed by atoms with Crippen LogP contribution < -0.4 is 5.73 Å². The van der Waals surface area contributed by atoms with E-state index >= 15 is 0 Å². The Kier molecular flexibility index (Phi) is 4.07. The summed E-state index contributed by atoms with van der Waals surface area (Å²) in [6.45, 7) is 3.66. The molecule has 3 nitrogen and oxygen atoms in total. The van der Waals surface area contributed by atoms with E-state index in [0.29, 0.717) is 0 Å². The summed E-state index contributed by atoms with van der Waals surface area (Å²) in [5.41, 5.74) is 8.37. The van der Waals surface area contributed by atoms with E-state index in [-0.39, 0.29) is 5.54 Å². The van der Waals surface area contributed by atoms with Crippen LogP contribution in [0.25, 0.3) is 0 Å². The Balaban J connectivity index is 2.07. The van der Waals surface area contributed by atoms with E-state index in [1.54, 1.807) is 0 Å². The molecule has 0 bridgehead atoms. The standard InChI is InChI=1S/C13H21N3S/c1-11-4-3-5-12(15-11)8-16(2)13(9-14)6-7-17-10-13/h3-5H,6-10,14H2,1-2H3. The number of thioether (sulfide) groups is 1. The lowest BCUT2D eigenvalue weighted by Gasteiger charge is -2.37. The van der Waals surface area contributed by atoms with E-state index in [9.17, 15) is 0 Å². The fraction of sp³-hybridized carbons (Fsp3) is 0.615. The maximum absolute atomic E-state index is 5.98. The molecule has 1 aliphatic heterocycles. The molecule has 1 unspecified atom stereocenters. The zero-order valence-corrected chi connectivity index (χ0v) is 11.5. The minimum atomic E-state index is 0.177. The quantitative estimate of drug-likeness (QED) is 0.883. The molecular weight excluding hydrogens is 230 g/mol. The van der Waals surface area contributed by atoms with Gasteiger partial charge in [0, 0.05) is 30.1 Å². The molecule has 0 spiro atoms. The number of aryl methyl sites for hydroxylation is 1. The summed E-state index contributed by atoms with van der Waals surface area (Å²) in [6, 6.07) is 6.20. The summed E-state index contributed by atoms with van der Waals surface area (Å²) in [4.78, 5) is 6.94. The van der Waals surface area contributed by atoms with Crippen LogP contribution in [-0.4, -0.2) is 40.5 Å². The van der Waals surface area contributed by atoms with Crippen molar-refractivity contribution < 1.29 is 0 Å². The summed E-state index contributed by atoms with van der Waals surface area (Å²) in [6.07, 6.45) is 1.19. The Labute approximate surface area is 108 Å². The molecule has 0 aliphatic carbocycles. The molecule has 1 saturated heterocycles. The first-order valence-corrected chi connectivity index (χ1v) is 7.23. The predicted molar refractivity (Wildman–Crippen MR) is 74.2 cm³/mol. The van der Waals surface area contributed by atoms with Crippen LogP contribution in [0.2, 0.25) is 0 Å². The molecule has 94 valence electrons. The molecular formula is C13H21N3S. The highest BCUT2D eigenvalue weighted by molar-refractivity contribution is 7.99. The van der Waals surface area contributed by atoms with Gasteiger partial charge in [0.05, 0.1) is 5.69 Å². The Hall–Kier alpha value is -0.580. The van der Waals surface area contributed by atoms with Crippen LogP contribution in [0, 0.1) is 6.92 Å². The number of nitrogens with zero attached hydrogens (tertiary/aromatic N) is 2. The Morgan fingerprint density at radius 3 is 2.94 bits per heavy atom. The average molecular weight is 251 g/mol. The molecule has 2 N–H and O–H groups in total. The number of pyridine rings is 1. The van der Waals surface area contributed by atoms with Gasteiger partial charge in [-0.25, -0.2) is 0 Å². The number of hydrogen-bond donors (Lipinski definition) is 1. The molecule has 1 aromatic rings. The predicted octanol–water partition coefficient (Wildman–Crippen LogP) is 1.66. The maximum Gasteiger partial charge on any atom is 0.0547 e. The van der Waals surface area contributed by atoms with Crippen molar-refractivity contribution in [2.45, 2.75) is 25.4 Å². The number of likely N-dealkylation sites (N-methyl/N-ethyl adjacent to an activating group) is 1. The van der Waals surface area contributed by atoms with Gasteiger partial charge in [-0.1, -0.05) is 6.07 Å². The molecule has 1 fully saturated rings. The fourth-order valence-electron chi connectivity index (χ4n) is 2.31. The molecule has 2 rings (SSSR count). The molecule has 0 saturated carbocycles. The zero-order valence-electron chi connectivity index (χ0n) is 10.6. The third kappa shape index (κ3) is 2.81. The van der Waals surface area contributed by atoms with Crippen LogP contribution in [0.5, 0.6) is 0 Å². The van der Waals surface area contributed by atoms with E-state index in [0.717, 1.165) is 30.2 Å². The van der Waals surface area contributed by atoms with Crippen molar-refractivity contribution >= 4 is 11.8 Å². The summed E-state index contributed by atoms with van der Waals surface area (Å²) >= 11 is 2.01. The van der Waals surface area contributed by atoms with Gasteiger partial charge in [0.2, 0.25) is 0 Å². The van der Waals surface area contributed by atoms with Gasteiger partial charge in [-0.15, -0.1) is 0 Å². The monoisotopic (exact) mass is 251 g/mol. The third-order valence-corrected chi connectivity index (χ3v) is 4.85. The molecule has 4 heteroatoms. The van der Waals surface area contributed by atoms with Gasteiger partial charge in [0.1, 0.15) is 0 Å². The van der Waals surface area contributed by atoms with E-state index in [1.165, 1.54) is 12.2 Å². The Morgan fingerprint density at radius 1 is 1.53 bits per heavy atom. The number of rotatable bonds is 4. The topological polar surface area (TPSA) is 42.1 Å². The van der Waals surface area contributed by atoms with Gasteiger partial charge in [0.15, 0.2) is 0 Å². The van der Waals surface area contributed by atoms with Crippen LogP contribution in [0.4, 0.5) is 0 Å². The van der Waals surface area contributed by atoms with Crippen LogP contribution in [0.1, 0.15) is 17.8 Å². The van der Waals surface area contributed by atoms with Gasteiger partial charge < -0.3 is 5.73 Å². The molecule has 0 radical (unpaired) electrons. The first kappa shape index (κ1) is 12.9. The maximum atomic E-state index is 5.98. The lowest BCUT2D eigenvalue weighted by atomic mass is 9.97. The lowest BCUT2D eigenvalue weighted by molar-refractivity contribution is 0.142. The molecule has 2 heterocycles. The Morgan fingerprint density at radius 2 is 2.35 bits per heavy atom. The van der Waals surface area contributed by atoms with Crippen LogP contribution in [-0.2, 0) is 6.54 Å². The lowest BCUT2D eigenvalue weighted by Crippen LogP contribution is -2.51. The molecule has 1 aliphatic rings. The largest absolute Gasteiger partial charge is 0.329 e. The highest BCUT2D eigenvalue weighted by atomic mass is 32.2. The van der Waals surface area contributed by atoms with Gasteiger partial charge in [0.25, 0.3) is 0 Å². The second-order valence-electron chi connectivity index (χ2n) is 4.86. The molecule has 1 aromatic heterocycles. The first-order chi connectivity index (χ1) is 8.16. The van der Waals surface area contributed by atoms with Crippen molar-refractivity contribution in [3.63, 3.8) is 0 Å². The number of nitrogens with two attached hydrogens (primary N) is 1. The van der Waals surface area contributed by atoms with E-state index < -0.39 is 0 Å². The van der Waals surface area contributed by atoms with Crippen molar-refractivity contribution in [1.29, 1.82) is 0 Å². The van der Waals surface area contributed by atoms with Crippen molar-refractivity contribution in [2.75, 3.05) is 25.1 Å². The van der Waals surface area contributed by atoms with Crippen molar-refractivity contribution in [3.8, 4) is 0 Å². The van der Waals surface area contributed by atoms with E-state index in [4.69, 9.17) is 5.73 Å². The summed E-state index contributed by atoms with van der Waals surface area (Å²) in [5, 5.41) is 0. The third-order valence-electron chi connectivity index (χ3n) is 3.62. The van der Waals surface area contributed by atoms with Crippen LogP contribution in [0.3, 0.4) is 0 Å². The molecule has 0 aromatic carbocycles. The second kappa shape index (κ2) is 5.38. The highest BCUT2D eigenvalue weighted by Gasteiger charge is 2.36. The second-order valence-corrected chi connectivity index (χ2v) is 5.96. The Bertz CT molecular complexity index is 375. The molecule has 17 heavy (non-hydrogen) atoms. The minimum Gasteiger partial charge on any atom is -0.329 e. The van der Waals surface area contributed by atoms with Gasteiger partial charge in [-0.3, -0.25) is 9.88 Å². The minimum absolute atomic E-state index is 0.177. The van der Waals surface area contributed by atoms with Gasteiger partial charge >= 0.3 is 0 Å². The average Bonchev–Trinajstić information content (AvgIpc) is 2.78. The van der Waals surface area contributed by atoms with Crippen LogP contribution in [0.15, 0.2) is 18.2 Å². The number of hydrogen-bond acceptors (Lipinski definition) is 4. The summed E-state index contributed by atoms with van der Waals surface area (Å²) in [7, 11) is 2.17. The number of aromatic nitrogens is 1. The first-order valence-electron chi connectivity index (χ1n) is 6.08. The summed E-state index contributed by atoms with van der Waals surface area (Å²) in [5.74, 6) is 2.37. The van der Waals surface area contributed by atoms with E-state index in [2.05, 4.69) is 29.1 Å². The summed E-state index contributed by atoms with van der Waals surface area (Å²) < 4.78 is 0. The fourth-order valence-corrected chi connectivity index (χ4v) is 3.84. The van der Waals surface area contributed by atoms with Crippen LogP contribution >= 0.6 is 11.8 Å². The normalized spacial score (nSPS) is 24.5. The van der Waals surface area contributed by atoms with Crippen molar-refractivity contribution in [3.05, 3.63) is 29.6 Å².